The van der Waals surface area contributed by atoms with Crippen molar-refractivity contribution < 1.29 is 4.42 Å². The van der Waals surface area contributed by atoms with Crippen molar-refractivity contribution in [3.8, 4) is 11.5 Å². The predicted molar refractivity (Wildman–Crippen MR) is 72.7 cm³/mol. The molecule has 0 fully saturated rings. The summed E-state index contributed by atoms with van der Waals surface area (Å²) in [5.41, 5.74) is 11.3. The van der Waals surface area contributed by atoms with Crippen LogP contribution in [0.3, 0.4) is 0 Å². The maximum absolute atomic E-state index is 5.69. The topological polar surface area (TPSA) is 93.7 Å². The molecule has 2 aromatic rings. The quantitative estimate of drug-likeness (QED) is 0.643. The van der Waals surface area contributed by atoms with Gasteiger partial charge in [0, 0.05) is 5.38 Å². The van der Waals surface area contributed by atoms with Gasteiger partial charge in [0.25, 0.3) is 0 Å². The molecule has 0 aliphatic heterocycles. The number of aromatic nitrogens is 1. The lowest BCUT2D eigenvalue weighted by Crippen LogP contribution is -2.21. The zero-order valence-electron chi connectivity index (χ0n) is 10.3. The number of aliphatic imine (C=N–C) groups is 1. The first-order valence-corrected chi connectivity index (χ1v) is 6.21. The molecule has 0 amide bonds. The summed E-state index contributed by atoms with van der Waals surface area (Å²) in [4.78, 5) is 10.2. The minimum Gasteiger partial charge on any atom is -0.458 e. The standard InChI is InChI=1S/C11H15N5OS/c1-16(2)5-7-3-4-9(17-7)8-6-18-11(14-8)15-10(12)13/h3-4,6H,5H2,1-2H3,(H4,12,13,14,15). The summed E-state index contributed by atoms with van der Waals surface area (Å²) in [6, 6.07) is 3.84. The molecule has 0 radical (unpaired) electrons. The van der Waals surface area contributed by atoms with Crippen LogP contribution in [0.5, 0.6) is 0 Å². The summed E-state index contributed by atoms with van der Waals surface area (Å²) in [5, 5.41) is 2.38. The molecule has 0 atom stereocenters. The molecule has 0 spiro atoms. The maximum atomic E-state index is 5.69. The van der Waals surface area contributed by atoms with Crippen molar-refractivity contribution in [1.82, 2.24) is 9.88 Å². The molecule has 96 valence electrons. The highest BCUT2D eigenvalue weighted by atomic mass is 32.1. The number of nitrogens with zero attached hydrogens (tertiary/aromatic N) is 3. The first-order valence-electron chi connectivity index (χ1n) is 5.33. The number of rotatable bonds is 4. The van der Waals surface area contributed by atoms with Crippen LogP contribution >= 0.6 is 11.3 Å². The normalized spacial score (nSPS) is 10.8. The third-order valence-electron chi connectivity index (χ3n) is 2.10. The summed E-state index contributed by atoms with van der Waals surface area (Å²) < 4.78 is 5.69. The van der Waals surface area contributed by atoms with Crippen molar-refractivity contribution in [2.75, 3.05) is 14.1 Å². The Labute approximate surface area is 109 Å². The first-order chi connectivity index (χ1) is 8.54. The van der Waals surface area contributed by atoms with Gasteiger partial charge in [0.15, 0.2) is 11.7 Å². The van der Waals surface area contributed by atoms with Crippen molar-refractivity contribution in [1.29, 1.82) is 0 Å². The van der Waals surface area contributed by atoms with Crippen LogP contribution in [0.25, 0.3) is 11.5 Å². The second-order valence-electron chi connectivity index (χ2n) is 4.06. The van der Waals surface area contributed by atoms with E-state index in [0.717, 1.165) is 23.8 Å². The van der Waals surface area contributed by atoms with Crippen molar-refractivity contribution in [3.05, 3.63) is 23.3 Å². The molecular weight excluding hydrogens is 250 g/mol. The lowest BCUT2D eigenvalue weighted by Gasteiger charge is -2.05. The number of nitrogens with two attached hydrogens (primary N) is 2. The van der Waals surface area contributed by atoms with E-state index in [-0.39, 0.29) is 5.96 Å². The number of guanidine groups is 1. The summed E-state index contributed by atoms with van der Waals surface area (Å²) >= 11 is 1.37. The van der Waals surface area contributed by atoms with E-state index < -0.39 is 0 Å². The Bertz CT molecular complexity index is 553. The van der Waals surface area contributed by atoms with E-state index in [1.807, 2.05) is 36.5 Å². The van der Waals surface area contributed by atoms with Gasteiger partial charge >= 0.3 is 0 Å². The maximum Gasteiger partial charge on any atom is 0.212 e. The third-order valence-corrected chi connectivity index (χ3v) is 2.84. The summed E-state index contributed by atoms with van der Waals surface area (Å²) in [5.74, 6) is 1.62. The van der Waals surface area contributed by atoms with Crippen LogP contribution < -0.4 is 11.5 Å². The molecule has 7 heteroatoms. The van der Waals surface area contributed by atoms with E-state index in [1.54, 1.807) is 0 Å². The molecule has 0 saturated heterocycles. The Morgan fingerprint density at radius 2 is 2.22 bits per heavy atom. The molecule has 0 unspecified atom stereocenters. The Balaban J connectivity index is 2.18. The Kier molecular flexibility index (Phi) is 3.63. The minimum absolute atomic E-state index is 0.00337. The Morgan fingerprint density at radius 1 is 1.44 bits per heavy atom. The van der Waals surface area contributed by atoms with E-state index in [2.05, 4.69) is 9.98 Å². The van der Waals surface area contributed by atoms with Crippen molar-refractivity contribution >= 4 is 22.4 Å². The van der Waals surface area contributed by atoms with Crippen LogP contribution in [0, 0.1) is 0 Å². The van der Waals surface area contributed by atoms with E-state index in [0.29, 0.717) is 5.13 Å². The highest BCUT2D eigenvalue weighted by Crippen LogP contribution is 2.28. The van der Waals surface area contributed by atoms with Gasteiger partial charge in [-0.05, 0) is 26.2 Å². The lowest BCUT2D eigenvalue weighted by molar-refractivity contribution is 0.353. The summed E-state index contributed by atoms with van der Waals surface area (Å²) in [7, 11) is 3.98. The number of thiazole rings is 1. The molecule has 2 rings (SSSR count). The smallest absolute Gasteiger partial charge is 0.212 e. The molecule has 0 bridgehead atoms. The van der Waals surface area contributed by atoms with Crippen LogP contribution in [0.1, 0.15) is 5.76 Å². The van der Waals surface area contributed by atoms with Crippen LogP contribution in [-0.2, 0) is 6.54 Å². The van der Waals surface area contributed by atoms with Crippen molar-refractivity contribution in [2.45, 2.75) is 6.54 Å². The molecule has 0 saturated carbocycles. The third kappa shape index (κ3) is 3.08. The molecule has 18 heavy (non-hydrogen) atoms. The predicted octanol–water partition coefficient (Wildman–Crippen LogP) is 1.37. The second kappa shape index (κ2) is 5.19. The molecule has 0 aliphatic carbocycles. The van der Waals surface area contributed by atoms with Gasteiger partial charge in [-0.3, -0.25) is 0 Å². The van der Waals surface area contributed by atoms with Gasteiger partial charge in [0.05, 0.1) is 6.54 Å². The average Bonchev–Trinajstić information content (AvgIpc) is 2.85. The van der Waals surface area contributed by atoms with Gasteiger partial charge < -0.3 is 20.8 Å². The van der Waals surface area contributed by atoms with Crippen LogP contribution in [-0.4, -0.2) is 29.9 Å². The van der Waals surface area contributed by atoms with Gasteiger partial charge in [-0.1, -0.05) is 0 Å². The molecule has 6 nitrogen and oxygen atoms in total. The van der Waals surface area contributed by atoms with Crippen molar-refractivity contribution in [2.24, 2.45) is 16.5 Å². The monoisotopic (exact) mass is 265 g/mol. The number of hydrogen-bond donors (Lipinski definition) is 2. The molecule has 0 aliphatic rings. The average molecular weight is 265 g/mol. The zero-order valence-corrected chi connectivity index (χ0v) is 11.1. The largest absolute Gasteiger partial charge is 0.458 e. The summed E-state index contributed by atoms with van der Waals surface area (Å²) in [6.45, 7) is 0.755. The molecule has 2 aromatic heterocycles. The van der Waals surface area contributed by atoms with Crippen LogP contribution in [0.15, 0.2) is 26.9 Å². The molecule has 4 N–H and O–H groups in total. The molecule has 2 heterocycles. The SMILES string of the molecule is CN(C)Cc1ccc(-c2csc(N=C(N)N)n2)o1. The molecule has 0 aromatic carbocycles. The van der Waals surface area contributed by atoms with Crippen molar-refractivity contribution in [3.63, 3.8) is 0 Å². The van der Waals surface area contributed by atoms with E-state index >= 15 is 0 Å². The van der Waals surface area contributed by atoms with Crippen LogP contribution in [0.2, 0.25) is 0 Å². The fraction of sp³-hybridized carbons (Fsp3) is 0.273. The van der Waals surface area contributed by atoms with E-state index in [1.165, 1.54) is 11.3 Å². The summed E-state index contributed by atoms with van der Waals surface area (Å²) in [6.07, 6.45) is 0. The fourth-order valence-corrected chi connectivity index (χ4v) is 2.15. The highest BCUT2D eigenvalue weighted by molar-refractivity contribution is 7.13. The lowest BCUT2D eigenvalue weighted by atomic mass is 10.3. The zero-order chi connectivity index (χ0) is 13.1. The Hall–Kier alpha value is -1.86. The Morgan fingerprint density at radius 3 is 2.89 bits per heavy atom. The minimum atomic E-state index is 0.00337. The van der Waals surface area contributed by atoms with E-state index in [4.69, 9.17) is 15.9 Å². The van der Waals surface area contributed by atoms with Gasteiger partial charge in [0.2, 0.25) is 5.13 Å². The first kappa shape index (κ1) is 12.6. The second-order valence-corrected chi connectivity index (χ2v) is 4.89. The van der Waals surface area contributed by atoms with Crippen LogP contribution in [0.4, 0.5) is 5.13 Å². The fourth-order valence-electron chi connectivity index (χ4n) is 1.45. The molecular formula is C11H15N5OS. The van der Waals surface area contributed by atoms with Gasteiger partial charge in [-0.2, -0.15) is 4.99 Å². The van der Waals surface area contributed by atoms with Gasteiger partial charge in [-0.15, -0.1) is 11.3 Å². The number of hydrogen-bond acceptors (Lipinski definition) is 5. The van der Waals surface area contributed by atoms with E-state index in [9.17, 15) is 0 Å². The van der Waals surface area contributed by atoms with Gasteiger partial charge in [0.1, 0.15) is 11.5 Å². The highest BCUT2D eigenvalue weighted by Gasteiger charge is 2.09. The van der Waals surface area contributed by atoms with Gasteiger partial charge in [-0.25, -0.2) is 4.98 Å². The number of furan rings is 1.